The first-order valence-corrected chi connectivity index (χ1v) is 6.96. The molecule has 0 bridgehead atoms. The maximum absolute atomic E-state index is 13.8. The molecule has 2 aromatic rings. The molecule has 1 aromatic heterocycles. The standard InChI is InChI=1S/C11H9BrFN3O2S/c1-16-11(19-5-9(17)18)14-10(15-16)7-3-2-6(12)4-8(7)13/h2-4H,5H2,1H3,(H,17,18). The highest BCUT2D eigenvalue weighted by atomic mass is 79.9. The summed E-state index contributed by atoms with van der Waals surface area (Å²) in [5, 5.41) is 13.1. The summed E-state index contributed by atoms with van der Waals surface area (Å²) in [7, 11) is 1.64. The number of aryl methyl sites for hydroxylation is 1. The second kappa shape index (κ2) is 5.70. The third kappa shape index (κ3) is 3.32. The van der Waals surface area contributed by atoms with Crippen molar-refractivity contribution in [2.45, 2.75) is 5.16 Å². The lowest BCUT2D eigenvalue weighted by atomic mass is 10.2. The Hall–Kier alpha value is -1.41. The zero-order valence-electron chi connectivity index (χ0n) is 9.80. The van der Waals surface area contributed by atoms with Crippen LogP contribution in [0.4, 0.5) is 4.39 Å². The average Bonchev–Trinajstić information content (AvgIpc) is 2.67. The van der Waals surface area contributed by atoms with Gasteiger partial charge in [-0.25, -0.2) is 14.1 Å². The van der Waals surface area contributed by atoms with Crippen LogP contribution in [0.15, 0.2) is 27.8 Å². The van der Waals surface area contributed by atoms with Crippen molar-refractivity contribution in [1.29, 1.82) is 0 Å². The van der Waals surface area contributed by atoms with Crippen molar-refractivity contribution in [1.82, 2.24) is 14.8 Å². The first-order chi connectivity index (χ1) is 8.97. The van der Waals surface area contributed by atoms with E-state index in [1.807, 2.05) is 0 Å². The van der Waals surface area contributed by atoms with Crippen molar-refractivity contribution in [3.05, 3.63) is 28.5 Å². The molecular formula is C11H9BrFN3O2S. The third-order valence-corrected chi connectivity index (χ3v) is 3.72. The molecule has 2 rings (SSSR count). The van der Waals surface area contributed by atoms with Gasteiger partial charge in [0.2, 0.25) is 0 Å². The van der Waals surface area contributed by atoms with Gasteiger partial charge in [-0.2, -0.15) is 5.10 Å². The number of hydrogen-bond donors (Lipinski definition) is 1. The molecule has 1 heterocycles. The molecule has 0 saturated heterocycles. The third-order valence-electron chi connectivity index (χ3n) is 2.22. The molecule has 0 aliphatic heterocycles. The lowest BCUT2D eigenvalue weighted by Gasteiger charge is -1.98. The molecule has 0 saturated carbocycles. The second-order valence-electron chi connectivity index (χ2n) is 3.65. The van der Waals surface area contributed by atoms with Crippen LogP contribution in [0.1, 0.15) is 0 Å². The van der Waals surface area contributed by atoms with Crippen LogP contribution in [-0.4, -0.2) is 31.6 Å². The number of carboxylic acids is 1. The van der Waals surface area contributed by atoms with Gasteiger partial charge in [-0.05, 0) is 18.2 Å². The SMILES string of the molecule is Cn1nc(-c2ccc(Br)cc2F)nc1SCC(=O)O. The summed E-state index contributed by atoms with van der Waals surface area (Å²) in [6.45, 7) is 0. The highest BCUT2D eigenvalue weighted by Crippen LogP contribution is 2.25. The van der Waals surface area contributed by atoms with Gasteiger partial charge in [-0.3, -0.25) is 4.79 Å². The molecule has 0 fully saturated rings. The molecule has 0 aliphatic rings. The van der Waals surface area contributed by atoms with Crippen LogP contribution in [-0.2, 0) is 11.8 Å². The van der Waals surface area contributed by atoms with Crippen LogP contribution in [0.2, 0.25) is 0 Å². The molecule has 5 nitrogen and oxygen atoms in total. The first-order valence-electron chi connectivity index (χ1n) is 5.18. The summed E-state index contributed by atoms with van der Waals surface area (Å²) in [5.41, 5.74) is 0.279. The van der Waals surface area contributed by atoms with Crippen LogP contribution >= 0.6 is 27.7 Å². The Labute approximate surface area is 121 Å². The molecular weight excluding hydrogens is 337 g/mol. The van der Waals surface area contributed by atoms with Gasteiger partial charge >= 0.3 is 5.97 Å². The first kappa shape index (κ1) is 14.0. The summed E-state index contributed by atoms with van der Waals surface area (Å²) in [6.07, 6.45) is 0. The second-order valence-corrected chi connectivity index (χ2v) is 5.51. The van der Waals surface area contributed by atoms with E-state index in [0.29, 0.717) is 9.63 Å². The maximum atomic E-state index is 13.8. The van der Waals surface area contributed by atoms with Crippen LogP contribution in [0, 0.1) is 5.82 Å². The van der Waals surface area contributed by atoms with E-state index in [4.69, 9.17) is 5.11 Å². The van der Waals surface area contributed by atoms with E-state index in [0.717, 1.165) is 11.8 Å². The Morgan fingerprint density at radius 1 is 1.58 bits per heavy atom. The van der Waals surface area contributed by atoms with Gasteiger partial charge in [0.05, 0.1) is 11.3 Å². The van der Waals surface area contributed by atoms with Crippen LogP contribution < -0.4 is 0 Å². The molecule has 0 amide bonds. The number of carboxylic acid groups (broad SMARTS) is 1. The van der Waals surface area contributed by atoms with Gasteiger partial charge in [-0.1, -0.05) is 27.7 Å². The predicted octanol–water partition coefficient (Wildman–Crippen LogP) is 2.56. The fourth-order valence-electron chi connectivity index (χ4n) is 1.41. The fraction of sp³-hybridized carbons (Fsp3) is 0.182. The Morgan fingerprint density at radius 3 is 2.95 bits per heavy atom. The number of hydrogen-bond acceptors (Lipinski definition) is 4. The zero-order valence-corrected chi connectivity index (χ0v) is 12.2. The monoisotopic (exact) mass is 345 g/mol. The number of carbonyl (C=O) groups is 1. The molecule has 1 N–H and O–H groups in total. The lowest BCUT2D eigenvalue weighted by Crippen LogP contribution is -2.00. The van der Waals surface area contributed by atoms with E-state index >= 15 is 0 Å². The lowest BCUT2D eigenvalue weighted by molar-refractivity contribution is -0.133. The van der Waals surface area contributed by atoms with E-state index in [1.165, 1.54) is 10.7 Å². The Bertz CT molecular complexity index is 632. The maximum Gasteiger partial charge on any atom is 0.313 e. The summed E-state index contributed by atoms with van der Waals surface area (Å²) in [5.74, 6) is -1.26. The highest BCUT2D eigenvalue weighted by Gasteiger charge is 2.14. The van der Waals surface area contributed by atoms with E-state index in [9.17, 15) is 9.18 Å². The van der Waals surface area contributed by atoms with Gasteiger partial charge in [0.15, 0.2) is 11.0 Å². The molecule has 0 unspecified atom stereocenters. The van der Waals surface area contributed by atoms with Crippen molar-refractivity contribution in [3.63, 3.8) is 0 Å². The molecule has 0 atom stereocenters. The summed E-state index contributed by atoms with van der Waals surface area (Å²) in [6, 6.07) is 4.59. The predicted molar refractivity (Wildman–Crippen MR) is 72.5 cm³/mol. The minimum Gasteiger partial charge on any atom is -0.481 e. The molecule has 8 heteroatoms. The molecule has 19 heavy (non-hydrogen) atoms. The van der Waals surface area contributed by atoms with E-state index < -0.39 is 11.8 Å². The van der Waals surface area contributed by atoms with Gasteiger partial charge in [0, 0.05) is 11.5 Å². The highest BCUT2D eigenvalue weighted by molar-refractivity contribution is 9.10. The fourth-order valence-corrected chi connectivity index (χ4v) is 2.37. The molecule has 1 aromatic carbocycles. The Morgan fingerprint density at radius 2 is 2.32 bits per heavy atom. The number of halogens is 2. The van der Waals surface area contributed by atoms with Gasteiger partial charge < -0.3 is 5.11 Å². The van der Waals surface area contributed by atoms with Gasteiger partial charge in [-0.15, -0.1) is 0 Å². The van der Waals surface area contributed by atoms with Crippen LogP contribution in [0.25, 0.3) is 11.4 Å². The van der Waals surface area contributed by atoms with Crippen molar-refractivity contribution in [2.75, 3.05) is 5.75 Å². The van der Waals surface area contributed by atoms with Crippen molar-refractivity contribution in [3.8, 4) is 11.4 Å². The topological polar surface area (TPSA) is 68.0 Å². The van der Waals surface area contributed by atoms with E-state index in [1.54, 1.807) is 19.2 Å². The number of benzene rings is 1. The van der Waals surface area contributed by atoms with Gasteiger partial charge in [0.25, 0.3) is 0 Å². The number of thioether (sulfide) groups is 1. The number of rotatable bonds is 4. The van der Waals surface area contributed by atoms with E-state index in [-0.39, 0.29) is 17.1 Å². The summed E-state index contributed by atoms with van der Waals surface area (Å²) < 4.78 is 15.8. The minimum atomic E-state index is -0.940. The quantitative estimate of drug-likeness (QED) is 0.862. The molecule has 100 valence electrons. The zero-order chi connectivity index (χ0) is 14.0. The summed E-state index contributed by atoms with van der Waals surface area (Å²) >= 11 is 4.21. The van der Waals surface area contributed by atoms with E-state index in [2.05, 4.69) is 26.0 Å². The Balaban J connectivity index is 2.31. The van der Waals surface area contributed by atoms with Crippen LogP contribution in [0.5, 0.6) is 0 Å². The average molecular weight is 346 g/mol. The van der Waals surface area contributed by atoms with Crippen molar-refractivity contribution >= 4 is 33.7 Å². The van der Waals surface area contributed by atoms with Crippen molar-refractivity contribution in [2.24, 2.45) is 7.05 Å². The Kier molecular flexibility index (Phi) is 4.20. The number of aromatic nitrogens is 3. The molecule has 0 aliphatic carbocycles. The largest absolute Gasteiger partial charge is 0.481 e. The smallest absolute Gasteiger partial charge is 0.313 e. The molecule has 0 spiro atoms. The van der Waals surface area contributed by atoms with Crippen molar-refractivity contribution < 1.29 is 14.3 Å². The number of nitrogens with zero attached hydrogens (tertiary/aromatic N) is 3. The normalized spacial score (nSPS) is 10.7. The van der Waals surface area contributed by atoms with Crippen LogP contribution in [0.3, 0.4) is 0 Å². The molecule has 0 radical (unpaired) electrons. The number of aliphatic carboxylic acids is 1. The summed E-state index contributed by atoms with van der Waals surface area (Å²) in [4.78, 5) is 14.6. The van der Waals surface area contributed by atoms with Gasteiger partial charge in [0.1, 0.15) is 5.82 Å². The minimum absolute atomic E-state index is 0.116.